The first kappa shape index (κ1) is 12.5. The number of aliphatic hydroxyl groups excluding tert-OH is 1. The van der Waals surface area contributed by atoms with Gasteiger partial charge in [-0.25, -0.2) is 0 Å². The Hall–Kier alpha value is -1.93. The molecule has 0 aliphatic heterocycles. The third kappa shape index (κ3) is 2.49. The Morgan fingerprint density at radius 1 is 1.56 bits per heavy atom. The molecule has 0 saturated carbocycles. The van der Waals surface area contributed by atoms with Crippen molar-refractivity contribution in [2.45, 2.75) is 6.10 Å². The number of H-pyrrole nitrogens is 1. The lowest BCUT2D eigenvalue weighted by molar-refractivity contribution is 0.0694. The van der Waals surface area contributed by atoms with Crippen LogP contribution in [-0.2, 0) is 4.74 Å². The Morgan fingerprint density at radius 2 is 2.33 bits per heavy atom. The van der Waals surface area contributed by atoms with E-state index in [0.717, 1.165) is 5.39 Å². The normalized spacial score (nSPS) is 12.8. The van der Waals surface area contributed by atoms with Crippen molar-refractivity contribution in [3.05, 3.63) is 6.20 Å². The van der Waals surface area contributed by atoms with E-state index in [1.165, 1.54) is 0 Å². The molecule has 1 unspecified atom stereocenters. The zero-order valence-corrected chi connectivity index (χ0v) is 10.3. The minimum absolute atomic E-state index is 0.162. The molecule has 0 radical (unpaired) electrons. The van der Waals surface area contributed by atoms with Crippen molar-refractivity contribution in [1.82, 2.24) is 20.2 Å². The molecule has 0 spiro atoms. The van der Waals surface area contributed by atoms with Crippen molar-refractivity contribution in [2.24, 2.45) is 0 Å². The van der Waals surface area contributed by atoms with Crippen molar-refractivity contribution >= 4 is 22.8 Å². The van der Waals surface area contributed by atoms with Gasteiger partial charge in [0.2, 0.25) is 5.95 Å². The number of hydrogen-bond acceptors (Lipinski definition) is 7. The van der Waals surface area contributed by atoms with Crippen LogP contribution < -0.4 is 10.6 Å². The van der Waals surface area contributed by atoms with Gasteiger partial charge in [-0.05, 0) is 0 Å². The molecule has 8 heteroatoms. The Labute approximate surface area is 104 Å². The van der Waals surface area contributed by atoms with Gasteiger partial charge >= 0.3 is 0 Å². The molecule has 2 rings (SSSR count). The SMILES string of the molecule is COCC(O)CN(C)c1nc(N)nc2[nH]ncc12. The summed E-state index contributed by atoms with van der Waals surface area (Å²) < 4.78 is 4.88. The van der Waals surface area contributed by atoms with Crippen LogP contribution in [0.5, 0.6) is 0 Å². The fraction of sp³-hybridized carbons (Fsp3) is 0.500. The predicted octanol–water partition coefficient (Wildman–Crippen LogP) is -0.621. The van der Waals surface area contributed by atoms with E-state index in [9.17, 15) is 5.11 Å². The van der Waals surface area contributed by atoms with Crippen LogP contribution in [0.15, 0.2) is 6.20 Å². The van der Waals surface area contributed by atoms with Gasteiger partial charge in [-0.1, -0.05) is 0 Å². The average Bonchev–Trinajstić information content (AvgIpc) is 2.75. The number of anilines is 2. The summed E-state index contributed by atoms with van der Waals surface area (Å²) in [5.41, 5.74) is 6.20. The smallest absolute Gasteiger partial charge is 0.224 e. The highest BCUT2D eigenvalue weighted by Crippen LogP contribution is 2.21. The van der Waals surface area contributed by atoms with Gasteiger partial charge in [0.15, 0.2) is 5.65 Å². The number of rotatable bonds is 5. The molecule has 2 aromatic heterocycles. The molecule has 0 aromatic carbocycles. The summed E-state index contributed by atoms with van der Waals surface area (Å²) in [6, 6.07) is 0. The van der Waals surface area contributed by atoms with Gasteiger partial charge < -0.3 is 20.5 Å². The van der Waals surface area contributed by atoms with Crippen LogP contribution in [-0.4, -0.2) is 58.7 Å². The molecule has 0 bridgehead atoms. The van der Waals surface area contributed by atoms with Crippen molar-refractivity contribution in [3.8, 4) is 0 Å². The molecule has 0 aliphatic carbocycles. The van der Waals surface area contributed by atoms with Crippen LogP contribution in [0.2, 0.25) is 0 Å². The standard InChI is InChI=1S/C10H16N6O2/c1-16(4-6(17)5-18-2)9-7-3-12-15-8(7)13-10(11)14-9/h3,6,17H,4-5H2,1-2H3,(H3,11,12,13,14,15). The van der Waals surface area contributed by atoms with Crippen LogP contribution in [0.1, 0.15) is 0 Å². The molecule has 0 fully saturated rings. The van der Waals surface area contributed by atoms with Gasteiger partial charge in [0.1, 0.15) is 5.82 Å². The zero-order valence-electron chi connectivity index (χ0n) is 10.3. The van der Waals surface area contributed by atoms with Crippen LogP contribution in [0, 0.1) is 0 Å². The Kier molecular flexibility index (Phi) is 3.58. The first-order valence-electron chi connectivity index (χ1n) is 5.46. The first-order chi connectivity index (χ1) is 8.61. The second-order valence-corrected chi connectivity index (χ2v) is 4.03. The summed E-state index contributed by atoms with van der Waals surface area (Å²) in [4.78, 5) is 9.99. The number of nitrogens with zero attached hydrogens (tertiary/aromatic N) is 4. The van der Waals surface area contributed by atoms with E-state index in [0.29, 0.717) is 18.0 Å². The van der Waals surface area contributed by atoms with E-state index in [1.54, 1.807) is 18.2 Å². The molecule has 0 amide bonds. The molecule has 1 atom stereocenters. The summed E-state index contributed by atoms with van der Waals surface area (Å²) in [5.74, 6) is 0.788. The molecule has 0 saturated heterocycles. The lowest BCUT2D eigenvalue weighted by Crippen LogP contribution is -2.32. The molecule has 0 aliphatic rings. The number of nitrogen functional groups attached to an aromatic ring is 1. The van der Waals surface area contributed by atoms with Gasteiger partial charge in [-0.15, -0.1) is 0 Å². The molecule has 2 aromatic rings. The molecule has 8 nitrogen and oxygen atoms in total. The molecule has 4 N–H and O–H groups in total. The van der Waals surface area contributed by atoms with E-state index >= 15 is 0 Å². The fourth-order valence-corrected chi connectivity index (χ4v) is 1.78. The topological polar surface area (TPSA) is 113 Å². The minimum atomic E-state index is -0.599. The monoisotopic (exact) mass is 252 g/mol. The van der Waals surface area contributed by atoms with Gasteiger partial charge in [0, 0.05) is 20.7 Å². The van der Waals surface area contributed by atoms with Crippen molar-refractivity contribution in [2.75, 3.05) is 37.9 Å². The number of hydrogen-bond donors (Lipinski definition) is 3. The highest BCUT2D eigenvalue weighted by atomic mass is 16.5. The second kappa shape index (κ2) is 5.15. The van der Waals surface area contributed by atoms with Crippen LogP contribution in [0.25, 0.3) is 11.0 Å². The molecular weight excluding hydrogens is 236 g/mol. The maximum atomic E-state index is 9.71. The third-order valence-corrected chi connectivity index (χ3v) is 2.51. The molecule has 18 heavy (non-hydrogen) atoms. The minimum Gasteiger partial charge on any atom is -0.389 e. The fourth-order valence-electron chi connectivity index (χ4n) is 1.78. The first-order valence-corrected chi connectivity index (χ1v) is 5.46. The van der Waals surface area contributed by atoms with Crippen LogP contribution in [0.4, 0.5) is 11.8 Å². The molecular formula is C10H16N6O2. The Morgan fingerprint density at radius 3 is 3.06 bits per heavy atom. The van der Waals surface area contributed by atoms with Crippen LogP contribution in [0.3, 0.4) is 0 Å². The quantitative estimate of drug-likeness (QED) is 0.649. The largest absolute Gasteiger partial charge is 0.389 e. The van der Waals surface area contributed by atoms with Gasteiger partial charge in [0.05, 0.1) is 24.3 Å². The van der Waals surface area contributed by atoms with Crippen molar-refractivity contribution in [3.63, 3.8) is 0 Å². The zero-order chi connectivity index (χ0) is 13.1. The summed E-state index contributed by atoms with van der Waals surface area (Å²) in [5, 5.41) is 17.1. The maximum absolute atomic E-state index is 9.71. The summed E-state index contributed by atoms with van der Waals surface area (Å²) >= 11 is 0. The third-order valence-electron chi connectivity index (χ3n) is 2.51. The summed E-state index contributed by atoms with van der Waals surface area (Å²) in [7, 11) is 3.35. The second-order valence-electron chi connectivity index (χ2n) is 4.03. The molecule has 98 valence electrons. The number of aliphatic hydroxyl groups is 1. The number of likely N-dealkylation sites (N-methyl/N-ethyl adjacent to an activating group) is 1. The van der Waals surface area contributed by atoms with Gasteiger partial charge in [-0.3, -0.25) is 5.10 Å². The van der Waals surface area contributed by atoms with Crippen molar-refractivity contribution < 1.29 is 9.84 Å². The van der Waals surface area contributed by atoms with E-state index in [2.05, 4.69) is 20.2 Å². The number of nitrogens with two attached hydrogens (primary N) is 1. The van der Waals surface area contributed by atoms with Crippen molar-refractivity contribution in [1.29, 1.82) is 0 Å². The summed E-state index contributed by atoms with van der Waals surface area (Å²) in [6.07, 6.45) is 1.03. The lowest BCUT2D eigenvalue weighted by atomic mass is 10.3. The highest BCUT2D eigenvalue weighted by Gasteiger charge is 2.15. The van der Waals surface area contributed by atoms with E-state index < -0.39 is 6.10 Å². The van der Waals surface area contributed by atoms with Gasteiger partial charge in [-0.2, -0.15) is 15.1 Å². The van der Waals surface area contributed by atoms with E-state index in [4.69, 9.17) is 10.5 Å². The van der Waals surface area contributed by atoms with E-state index in [1.807, 2.05) is 7.05 Å². The number of nitrogens with one attached hydrogen (secondary N) is 1. The number of fused-ring (bicyclic) bond motifs is 1. The number of ether oxygens (including phenoxy) is 1. The van der Waals surface area contributed by atoms with Crippen LogP contribution >= 0.6 is 0 Å². The van der Waals surface area contributed by atoms with Gasteiger partial charge in [0.25, 0.3) is 0 Å². The number of methoxy groups -OCH3 is 1. The Balaban J connectivity index is 2.26. The molecule has 2 heterocycles. The number of aromatic amines is 1. The van der Waals surface area contributed by atoms with E-state index in [-0.39, 0.29) is 12.6 Å². The summed E-state index contributed by atoms with van der Waals surface area (Å²) in [6.45, 7) is 0.643. The Bertz CT molecular complexity index is 528. The predicted molar refractivity (Wildman–Crippen MR) is 67.2 cm³/mol. The highest BCUT2D eigenvalue weighted by molar-refractivity contribution is 5.87. The number of aromatic nitrogens is 4. The maximum Gasteiger partial charge on any atom is 0.224 e. The lowest BCUT2D eigenvalue weighted by Gasteiger charge is -2.21. The average molecular weight is 252 g/mol.